The van der Waals surface area contributed by atoms with Crippen molar-refractivity contribution in [3.05, 3.63) is 0 Å². The lowest BCUT2D eigenvalue weighted by Gasteiger charge is -2.10. The fourth-order valence-corrected chi connectivity index (χ4v) is 1.40. The molecule has 0 atom stereocenters. The predicted octanol–water partition coefficient (Wildman–Crippen LogP) is 1.92. The van der Waals surface area contributed by atoms with Crippen LogP contribution in [0.25, 0.3) is 0 Å². The maximum absolute atomic E-state index is 5.12. The minimum Gasteiger partial charge on any atom is -0.385 e. The van der Waals surface area contributed by atoms with E-state index < -0.39 is 0 Å². The van der Waals surface area contributed by atoms with E-state index in [-0.39, 0.29) is 0 Å². The Morgan fingerprint density at radius 3 is 2.33 bits per heavy atom. The summed E-state index contributed by atoms with van der Waals surface area (Å²) in [4.78, 5) is 0. The molecule has 0 amide bonds. The summed E-state index contributed by atoms with van der Waals surface area (Å²) < 4.78 is 4.94. The molecule has 4 heteroatoms. The van der Waals surface area contributed by atoms with Crippen LogP contribution in [0.4, 0.5) is 0 Å². The average molecular weight is 232 g/mol. The Labute approximate surface area is 99.0 Å². The second-order valence-electron chi connectivity index (χ2n) is 4.07. The highest BCUT2D eigenvalue weighted by atomic mass is 32.1. The number of rotatable bonds is 8. The summed E-state index contributed by atoms with van der Waals surface area (Å²) in [7, 11) is 1.71. The van der Waals surface area contributed by atoms with Crippen LogP contribution >= 0.6 is 12.2 Å². The fourth-order valence-electron chi connectivity index (χ4n) is 1.19. The van der Waals surface area contributed by atoms with E-state index in [0.717, 1.165) is 37.1 Å². The molecular formula is C11H24N2OS. The van der Waals surface area contributed by atoms with E-state index >= 15 is 0 Å². The fraction of sp³-hybridized carbons (Fsp3) is 0.909. The van der Waals surface area contributed by atoms with Gasteiger partial charge in [-0.2, -0.15) is 0 Å². The van der Waals surface area contributed by atoms with Crippen LogP contribution in [0.1, 0.15) is 33.1 Å². The third kappa shape index (κ3) is 11.6. The monoisotopic (exact) mass is 232 g/mol. The lowest BCUT2D eigenvalue weighted by Crippen LogP contribution is -2.36. The second-order valence-corrected chi connectivity index (χ2v) is 4.47. The Bertz CT molecular complexity index is 163. The van der Waals surface area contributed by atoms with Crippen LogP contribution in [0.5, 0.6) is 0 Å². The Morgan fingerprint density at radius 2 is 1.80 bits per heavy atom. The molecule has 0 saturated carbocycles. The molecule has 0 aromatic heterocycles. The first-order chi connectivity index (χ1) is 7.16. The van der Waals surface area contributed by atoms with Gasteiger partial charge in [-0.3, -0.25) is 0 Å². The van der Waals surface area contributed by atoms with Crippen LogP contribution in [-0.2, 0) is 4.74 Å². The van der Waals surface area contributed by atoms with Gasteiger partial charge in [0.2, 0.25) is 0 Å². The van der Waals surface area contributed by atoms with Crippen molar-refractivity contribution in [2.24, 2.45) is 5.92 Å². The number of hydrogen-bond donors (Lipinski definition) is 2. The summed E-state index contributed by atoms with van der Waals surface area (Å²) in [6.07, 6.45) is 3.42. The Kier molecular flexibility index (Phi) is 9.94. The zero-order chi connectivity index (χ0) is 11.5. The lowest BCUT2D eigenvalue weighted by atomic mass is 10.1. The third-order valence-corrected chi connectivity index (χ3v) is 2.34. The minimum atomic E-state index is 0.759. The maximum Gasteiger partial charge on any atom is 0.166 e. The highest BCUT2D eigenvalue weighted by Crippen LogP contribution is 2.01. The molecule has 0 aliphatic rings. The Hall–Kier alpha value is -0.350. The summed E-state index contributed by atoms with van der Waals surface area (Å²) in [5.74, 6) is 0.773. The van der Waals surface area contributed by atoms with Crippen LogP contribution in [0, 0.1) is 5.92 Å². The predicted molar refractivity (Wildman–Crippen MR) is 69.2 cm³/mol. The van der Waals surface area contributed by atoms with E-state index in [2.05, 4.69) is 24.5 Å². The van der Waals surface area contributed by atoms with Gasteiger partial charge in [0, 0.05) is 26.8 Å². The highest BCUT2D eigenvalue weighted by molar-refractivity contribution is 7.80. The van der Waals surface area contributed by atoms with Crippen molar-refractivity contribution in [3.63, 3.8) is 0 Å². The lowest BCUT2D eigenvalue weighted by molar-refractivity contribution is 0.195. The average Bonchev–Trinajstić information content (AvgIpc) is 2.19. The van der Waals surface area contributed by atoms with Crippen LogP contribution < -0.4 is 10.6 Å². The van der Waals surface area contributed by atoms with Gasteiger partial charge in [0.05, 0.1) is 0 Å². The Balaban J connectivity index is 3.19. The number of ether oxygens (including phenoxy) is 1. The first-order valence-electron chi connectivity index (χ1n) is 5.67. The molecule has 2 N–H and O–H groups in total. The summed E-state index contributed by atoms with van der Waals surface area (Å²) in [5, 5.41) is 7.10. The number of thiocarbonyl (C=S) groups is 1. The molecular weight excluding hydrogens is 208 g/mol. The van der Waals surface area contributed by atoms with Crippen molar-refractivity contribution in [2.45, 2.75) is 33.1 Å². The maximum atomic E-state index is 5.12. The molecule has 0 spiro atoms. The molecule has 90 valence electrons. The van der Waals surface area contributed by atoms with Crippen molar-refractivity contribution >= 4 is 17.3 Å². The van der Waals surface area contributed by atoms with E-state index in [1.54, 1.807) is 7.11 Å². The summed E-state index contributed by atoms with van der Waals surface area (Å²) in [5.41, 5.74) is 0. The van der Waals surface area contributed by atoms with Gasteiger partial charge in [-0.1, -0.05) is 13.8 Å². The number of methoxy groups -OCH3 is 1. The zero-order valence-electron chi connectivity index (χ0n) is 10.1. The van der Waals surface area contributed by atoms with Gasteiger partial charge >= 0.3 is 0 Å². The van der Waals surface area contributed by atoms with Gasteiger partial charge in [0.25, 0.3) is 0 Å². The van der Waals surface area contributed by atoms with Crippen molar-refractivity contribution in [2.75, 3.05) is 26.8 Å². The standard InChI is InChI=1S/C11H24N2OS/c1-10(2)6-4-7-12-11(15)13-8-5-9-14-3/h10H,4-9H2,1-3H3,(H2,12,13,15). The van der Waals surface area contributed by atoms with Crippen molar-refractivity contribution in [1.29, 1.82) is 0 Å². The third-order valence-electron chi connectivity index (χ3n) is 2.05. The van der Waals surface area contributed by atoms with E-state index in [1.807, 2.05) is 0 Å². The smallest absolute Gasteiger partial charge is 0.166 e. The SMILES string of the molecule is COCCCNC(=S)NCCCC(C)C. The van der Waals surface area contributed by atoms with Gasteiger partial charge in [0.15, 0.2) is 5.11 Å². The molecule has 3 nitrogen and oxygen atoms in total. The molecule has 0 aromatic carbocycles. The molecule has 0 aromatic rings. The largest absolute Gasteiger partial charge is 0.385 e. The van der Waals surface area contributed by atoms with Gasteiger partial charge in [-0.15, -0.1) is 0 Å². The topological polar surface area (TPSA) is 33.3 Å². The van der Waals surface area contributed by atoms with Crippen LogP contribution in [0.3, 0.4) is 0 Å². The van der Waals surface area contributed by atoms with Crippen molar-refractivity contribution in [3.8, 4) is 0 Å². The van der Waals surface area contributed by atoms with E-state index in [0.29, 0.717) is 0 Å². The molecule has 0 unspecified atom stereocenters. The molecule has 0 bridgehead atoms. The van der Waals surface area contributed by atoms with E-state index in [1.165, 1.54) is 12.8 Å². The molecule has 0 aliphatic carbocycles. The highest BCUT2D eigenvalue weighted by Gasteiger charge is 1.96. The first-order valence-corrected chi connectivity index (χ1v) is 6.08. The van der Waals surface area contributed by atoms with Crippen LogP contribution in [0.2, 0.25) is 0 Å². The quantitative estimate of drug-likeness (QED) is 0.495. The van der Waals surface area contributed by atoms with Crippen molar-refractivity contribution < 1.29 is 4.74 Å². The molecule has 0 radical (unpaired) electrons. The zero-order valence-corrected chi connectivity index (χ0v) is 11.0. The molecule has 0 aliphatic heterocycles. The van der Waals surface area contributed by atoms with Gasteiger partial charge < -0.3 is 15.4 Å². The summed E-state index contributed by atoms with van der Waals surface area (Å²) >= 11 is 5.12. The summed E-state index contributed by atoms with van der Waals surface area (Å²) in [6.45, 7) is 7.10. The minimum absolute atomic E-state index is 0.759. The number of hydrogen-bond acceptors (Lipinski definition) is 2. The first kappa shape index (κ1) is 14.6. The van der Waals surface area contributed by atoms with Crippen LogP contribution in [0.15, 0.2) is 0 Å². The van der Waals surface area contributed by atoms with Crippen LogP contribution in [-0.4, -0.2) is 31.9 Å². The second kappa shape index (κ2) is 10.2. The van der Waals surface area contributed by atoms with Gasteiger partial charge in [0.1, 0.15) is 0 Å². The van der Waals surface area contributed by atoms with Gasteiger partial charge in [-0.25, -0.2) is 0 Å². The van der Waals surface area contributed by atoms with Crippen molar-refractivity contribution in [1.82, 2.24) is 10.6 Å². The Morgan fingerprint density at radius 1 is 1.20 bits per heavy atom. The molecule has 15 heavy (non-hydrogen) atoms. The number of nitrogens with one attached hydrogen (secondary N) is 2. The molecule has 0 saturated heterocycles. The normalized spacial score (nSPS) is 10.4. The molecule has 0 rings (SSSR count). The van der Waals surface area contributed by atoms with E-state index in [9.17, 15) is 0 Å². The molecule has 0 heterocycles. The summed E-state index contributed by atoms with van der Waals surface area (Å²) in [6, 6.07) is 0. The molecule has 0 fully saturated rings. The van der Waals surface area contributed by atoms with Gasteiger partial charge in [-0.05, 0) is 37.4 Å². The van der Waals surface area contributed by atoms with E-state index in [4.69, 9.17) is 17.0 Å².